The van der Waals surface area contributed by atoms with Crippen LogP contribution in [0.1, 0.15) is 52.9 Å². The van der Waals surface area contributed by atoms with Crippen LogP contribution < -0.4 is 0 Å². The van der Waals surface area contributed by atoms with Gasteiger partial charge in [0.05, 0.1) is 0 Å². The van der Waals surface area contributed by atoms with E-state index >= 15 is 0 Å². The molecule has 0 radical (unpaired) electrons. The summed E-state index contributed by atoms with van der Waals surface area (Å²) in [6.45, 7) is 7.62. The standard InChI is InChI=1S/C23H23NO4/c1-15-20(24-21(28-15)17-8-6-5-7-9-17)22(26)27-14-19(25)16-10-12-18(13-11-16)23(2,3)4/h5-13H,14H2,1-4H3. The number of aryl methyl sites for hydroxylation is 1. The molecule has 0 amide bonds. The summed E-state index contributed by atoms with van der Waals surface area (Å²) in [4.78, 5) is 28.9. The fourth-order valence-electron chi connectivity index (χ4n) is 2.73. The minimum Gasteiger partial charge on any atom is -0.452 e. The highest BCUT2D eigenvalue weighted by Gasteiger charge is 2.21. The van der Waals surface area contributed by atoms with Crippen LogP contribution in [-0.4, -0.2) is 23.3 Å². The molecule has 0 aliphatic rings. The second-order valence-electron chi connectivity index (χ2n) is 7.62. The molecule has 1 aromatic heterocycles. The van der Waals surface area contributed by atoms with E-state index in [0.29, 0.717) is 17.2 Å². The number of ketones is 1. The molecule has 0 unspecified atom stereocenters. The molecule has 0 N–H and O–H groups in total. The zero-order valence-electron chi connectivity index (χ0n) is 16.5. The molecule has 0 bridgehead atoms. The van der Waals surface area contributed by atoms with Gasteiger partial charge in [0.1, 0.15) is 5.76 Å². The summed E-state index contributed by atoms with van der Waals surface area (Å²) >= 11 is 0. The number of Topliss-reactive ketones (excluding diaryl/α,β-unsaturated/α-hetero) is 1. The van der Waals surface area contributed by atoms with Crippen LogP contribution in [0, 0.1) is 6.92 Å². The summed E-state index contributed by atoms with van der Waals surface area (Å²) in [5.74, 6) is -0.249. The maximum atomic E-state index is 12.3. The zero-order valence-corrected chi connectivity index (χ0v) is 16.5. The van der Waals surface area contributed by atoms with Crippen LogP contribution in [0.25, 0.3) is 11.5 Å². The number of oxazole rings is 1. The molecule has 0 saturated heterocycles. The lowest BCUT2D eigenvalue weighted by atomic mass is 9.86. The average molecular weight is 377 g/mol. The summed E-state index contributed by atoms with van der Waals surface area (Å²) < 4.78 is 10.7. The Morgan fingerprint density at radius 3 is 2.25 bits per heavy atom. The van der Waals surface area contributed by atoms with Gasteiger partial charge >= 0.3 is 5.97 Å². The monoisotopic (exact) mass is 377 g/mol. The number of rotatable bonds is 5. The average Bonchev–Trinajstić information content (AvgIpc) is 3.08. The summed E-state index contributed by atoms with van der Waals surface area (Å²) in [6.07, 6.45) is 0. The molecular formula is C23H23NO4. The van der Waals surface area contributed by atoms with Crippen molar-refractivity contribution in [2.45, 2.75) is 33.1 Å². The fourth-order valence-corrected chi connectivity index (χ4v) is 2.73. The number of hydrogen-bond donors (Lipinski definition) is 0. The van der Waals surface area contributed by atoms with Gasteiger partial charge in [0.25, 0.3) is 0 Å². The lowest BCUT2D eigenvalue weighted by Crippen LogP contribution is -2.16. The van der Waals surface area contributed by atoms with Crippen LogP contribution in [0.2, 0.25) is 0 Å². The molecule has 0 fully saturated rings. The minimum absolute atomic E-state index is 0.00891. The number of benzene rings is 2. The first-order valence-corrected chi connectivity index (χ1v) is 9.09. The summed E-state index contributed by atoms with van der Waals surface area (Å²) in [5.41, 5.74) is 2.49. The molecule has 5 heteroatoms. The van der Waals surface area contributed by atoms with E-state index in [-0.39, 0.29) is 23.5 Å². The van der Waals surface area contributed by atoms with Crippen molar-refractivity contribution >= 4 is 11.8 Å². The number of carbonyl (C=O) groups excluding carboxylic acids is 2. The summed E-state index contributed by atoms with van der Waals surface area (Å²) in [5, 5.41) is 0. The van der Waals surface area contributed by atoms with E-state index in [9.17, 15) is 9.59 Å². The first-order valence-electron chi connectivity index (χ1n) is 9.09. The molecular weight excluding hydrogens is 354 g/mol. The Labute approximate surface area is 164 Å². The van der Waals surface area contributed by atoms with Gasteiger partial charge in [-0.05, 0) is 30.0 Å². The molecule has 2 aromatic carbocycles. The van der Waals surface area contributed by atoms with E-state index in [4.69, 9.17) is 9.15 Å². The van der Waals surface area contributed by atoms with Gasteiger partial charge in [-0.3, -0.25) is 4.79 Å². The Kier molecular flexibility index (Phi) is 5.45. The highest BCUT2D eigenvalue weighted by molar-refractivity contribution is 5.99. The van der Waals surface area contributed by atoms with Crippen LogP contribution in [0.5, 0.6) is 0 Å². The van der Waals surface area contributed by atoms with Crippen LogP contribution in [0.15, 0.2) is 59.0 Å². The van der Waals surface area contributed by atoms with Gasteiger partial charge in [-0.1, -0.05) is 63.2 Å². The van der Waals surface area contributed by atoms with Crippen molar-refractivity contribution in [1.82, 2.24) is 4.98 Å². The highest BCUT2D eigenvalue weighted by atomic mass is 16.5. The SMILES string of the molecule is Cc1oc(-c2ccccc2)nc1C(=O)OCC(=O)c1ccc(C(C)(C)C)cc1. The van der Waals surface area contributed by atoms with Gasteiger partial charge in [-0.2, -0.15) is 0 Å². The minimum atomic E-state index is -0.678. The second kappa shape index (κ2) is 7.80. The second-order valence-corrected chi connectivity index (χ2v) is 7.62. The van der Waals surface area contributed by atoms with Gasteiger partial charge in [0.2, 0.25) is 5.89 Å². The number of hydrogen-bond acceptors (Lipinski definition) is 5. The Morgan fingerprint density at radius 1 is 1.00 bits per heavy atom. The molecule has 0 spiro atoms. The number of ether oxygens (including phenoxy) is 1. The highest BCUT2D eigenvalue weighted by Crippen LogP contribution is 2.23. The van der Waals surface area contributed by atoms with Crippen molar-refractivity contribution < 1.29 is 18.7 Å². The molecule has 0 atom stereocenters. The van der Waals surface area contributed by atoms with Crippen molar-refractivity contribution in [2.75, 3.05) is 6.61 Å². The van der Waals surface area contributed by atoms with Crippen molar-refractivity contribution in [3.8, 4) is 11.5 Å². The quantitative estimate of drug-likeness (QED) is 0.463. The predicted molar refractivity (Wildman–Crippen MR) is 106 cm³/mol. The third-order valence-corrected chi connectivity index (χ3v) is 4.42. The molecule has 0 saturated carbocycles. The number of esters is 1. The Balaban J connectivity index is 1.66. The maximum Gasteiger partial charge on any atom is 0.361 e. The maximum absolute atomic E-state index is 12.3. The van der Waals surface area contributed by atoms with Gasteiger partial charge in [-0.25, -0.2) is 9.78 Å². The van der Waals surface area contributed by atoms with Crippen LogP contribution in [-0.2, 0) is 10.2 Å². The summed E-state index contributed by atoms with van der Waals surface area (Å²) in [6, 6.07) is 16.6. The Bertz CT molecular complexity index is 980. The van der Waals surface area contributed by atoms with Gasteiger partial charge < -0.3 is 9.15 Å². The third kappa shape index (κ3) is 4.36. The van der Waals surface area contributed by atoms with Gasteiger partial charge in [-0.15, -0.1) is 0 Å². The van der Waals surface area contributed by atoms with Crippen LogP contribution >= 0.6 is 0 Å². The van der Waals surface area contributed by atoms with Gasteiger partial charge in [0, 0.05) is 11.1 Å². The molecule has 3 rings (SSSR count). The number of carbonyl (C=O) groups is 2. The van der Waals surface area contributed by atoms with E-state index in [1.807, 2.05) is 42.5 Å². The normalized spacial score (nSPS) is 11.3. The summed E-state index contributed by atoms with van der Waals surface area (Å²) in [7, 11) is 0. The number of aromatic nitrogens is 1. The van der Waals surface area contributed by atoms with E-state index in [1.54, 1.807) is 19.1 Å². The van der Waals surface area contributed by atoms with Gasteiger partial charge in [0.15, 0.2) is 18.1 Å². The van der Waals surface area contributed by atoms with Crippen molar-refractivity contribution in [3.63, 3.8) is 0 Å². The molecule has 3 aromatic rings. The van der Waals surface area contributed by atoms with E-state index in [2.05, 4.69) is 25.8 Å². The van der Waals surface area contributed by atoms with Crippen LogP contribution in [0.4, 0.5) is 0 Å². The lowest BCUT2D eigenvalue weighted by molar-refractivity contribution is 0.0468. The van der Waals surface area contributed by atoms with E-state index in [1.165, 1.54) is 0 Å². The molecule has 144 valence electrons. The lowest BCUT2D eigenvalue weighted by Gasteiger charge is -2.18. The Morgan fingerprint density at radius 2 is 1.64 bits per heavy atom. The fraction of sp³-hybridized carbons (Fsp3) is 0.261. The van der Waals surface area contributed by atoms with Crippen molar-refractivity contribution in [3.05, 3.63) is 77.2 Å². The third-order valence-electron chi connectivity index (χ3n) is 4.42. The molecule has 0 aliphatic carbocycles. The van der Waals surface area contributed by atoms with E-state index < -0.39 is 5.97 Å². The smallest absolute Gasteiger partial charge is 0.361 e. The topological polar surface area (TPSA) is 69.4 Å². The molecule has 5 nitrogen and oxygen atoms in total. The largest absolute Gasteiger partial charge is 0.452 e. The molecule has 1 heterocycles. The predicted octanol–water partition coefficient (Wildman–Crippen LogP) is 4.99. The first-order chi connectivity index (χ1) is 13.3. The van der Waals surface area contributed by atoms with E-state index in [0.717, 1.165) is 11.1 Å². The molecule has 0 aliphatic heterocycles. The van der Waals surface area contributed by atoms with Crippen molar-refractivity contribution in [1.29, 1.82) is 0 Å². The first kappa shape index (κ1) is 19.5. The number of nitrogens with zero attached hydrogens (tertiary/aromatic N) is 1. The molecule has 28 heavy (non-hydrogen) atoms. The van der Waals surface area contributed by atoms with Crippen LogP contribution in [0.3, 0.4) is 0 Å². The zero-order chi connectivity index (χ0) is 20.3. The van der Waals surface area contributed by atoms with Crippen molar-refractivity contribution in [2.24, 2.45) is 0 Å². The Hall–Kier alpha value is -3.21.